The van der Waals surface area contributed by atoms with Gasteiger partial charge in [0.15, 0.2) is 0 Å². The Bertz CT molecular complexity index is 440. The lowest BCUT2D eigenvalue weighted by molar-refractivity contribution is -0.117. The Labute approximate surface area is 111 Å². The molecule has 0 aliphatic rings. The molecule has 0 fully saturated rings. The van der Waals surface area contributed by atoms with Crippen LogP contribution in [0.25, 0.3) is 0 Å². The van der Waals surface area contributed by atoms with Crippen LogP contribution in [0.3, 0.4) is 0 Å². The standard InChI is InChI=1S/C10H11BrN2O3S/c1-16-10(15)13-9(14)5-17-8-4-6(11)2-3-7(8)12/h2-4H,5,12H2,1H3,(H,13,14,15). The number of halogens is 1. The number of alkyl carbamates (subject to hydrolysis) is 1. The SMILES string of the molecule is COC(=O)NC(=O)CSc1cc(Br)ccc1N. The number of carbonyl (C=O) groups excluding carboxylic acids is 2. The lowest BCUT2D eigenvalue weighted by atomic mass is 10.3. The number of benzene rings is 1. The molecule has 1 aromatic rings. The summed E-state index contributed by atoms with van der Waals surface area (Å²) in [5.41, 5.74) is 6.33. The summed E-state index contributed by atoms with van der Waals surface area (Å²) < 4.78 is 5.18. The van der Waals surface area contributed by atoms with Crippen molar-refractivity contribution >= 4 is 45.4 Å². The summed E-state index contributed by atoms with van der Waals surface area (Å²) in [6, 6.07) is 5.37. The number of nitrogens with two attached hydrogens (primary N) is 1. The number of amides is 2. The topological polar surface area (TPSA) is 81.4 Å². The average Bonchev–Trinajstić information content (AvgIpc) is 2.30. The number of methoxy groups -OCH3 is 1. The van der Waals surface area contributed by atoms with E-state index < -0.39 is 12.0 Å². The van der Waals surface area contributed by atoms with Crippen LogP contribution >= 0.6 is 27.7 Å². The van der Waals surface area contributed by atoms with Crippen molar-refractivity contribution < 1.29 is 14.3 Å². The first kappa shape index (κ1) is 13.9. The van der Waals surface area contributed by atoms with Crippen LogP contribution in [0.1, 0.15) is 0 Å². The summed E-state index contributed by atoms with van der Waals surface area (Å²) in [6.07, 6.45) is -0.766. The highest BCUT2D eigenvalue weighted by Crippen LogP contribution is 2.27. The molecule has 92 valence electrons. The third-order valence-corrected chi connectivity index (χ3v) is 3.33. The first-order chi connectivity index (χ1) is 8.02. The largest absolute Gasteiger partial charge is 0.453 e. The number of imide groups is 1. The van der Waals surface area contributed by atoms with Crippen molar-refractivity contribution in [2.24, 2.45) is 0 Å². The van der Waals surface area contributed by atoms with E-state index in [2.05, 4.69) is 26.0 Å². The molecular weight excluding hydrogens is 308 g/mol. The fraction of sp³-hybridized carbons (Fsp3) is 0.200. The van der Waals surface area contributed by atoms with Crippen molar-refractivity contribution in [1.82, 2.24) is 5.32 Å². The van der Waals surface area contributed by atoms with E-state index in [1.54, 1.807) is 6.07 Å². The van der Waals surface area contributed by atoms with E-state index >= 15 is 0 Å². The van der Waals surface area contributed by atoms with Crippen LogP contribution in [0.2, 0.25) is 0 Å². The number of carbonyl (C=O) groups is 2. The Morgan fingerprint density at radius 3 is 2.88 bits per heavy atom. The average molecular weight is 319 g/mol. The van der Waals surface area contributed by atoms with Gasteiger partial charge in [-0.15, -0.1) is 11.8 Å². The Balaban J connectivity index is 2.53. The predicted molar refractivity (Wildman–Crippen MR) is 69.8 cm³/mol. The molecule has 1 aromatic carbocycles. The Hall–Kier alpha value is -1.21. The van der Waals surface area contributed by atoms with E-state index in [-0.39, 0.29) is 5.75 Å². The smallest absolute Gasteiger partial charge is 0.413 e. The number of rotatable bonds is 3. The highest BCUT2D eigenvalue weighted by atomic mass is 79.9. The molecule has 0 saturated heterocycles. The van der Waals surface area contributed by atoms with E-state index in [0.29, 0.717) is 5.69 Å². The first-order valence-electron chi connectivity index (χ1n) is 4.58. The van der Waals surface area contributed by atoms with Gasteiger partial charge < -0.3 is 10.5 Å². The maximum atomic E-state index is 11.3. The Morgan fingerprint density at radius 1 is 1.53 bits per heavy atom. The highest BCUT2D eigenvalue weighted by molar-refractivity contribution is 9.10. The van der Waals surface area contributed by atoms with Crippen LogP contribution in [0.4, 0.5) is 10.5 Å². The number of ether oxygens (including phenoxy) is 1. The van der Waals surface area contributed by atoms with Crippen LogP contribution in [0.5, 0.6) is 0 Å². The molecule has 0 saturated carbocycles. The number of thioether (sulfide) groups is 1. The zero-order valence-corrected chi connectivity index (χ0v) is 11.4. The number of hydrogen-bond acceptors (Lipinski definition) is 5. The minimum Gasteiger partial charge on any atom is -0.453 e. The summed E-state index contributed by atoms with van der Waals surface area (Å²) in [5.74, 6) is -0.336. The van der Waals surface area contributed by atoms with Crippen molar-refractivity contribution in [2.45, 2.75) is 4.90 Å². The van der Waals surface area contributed by atoms with Crippen LogP contribution < -0.4 is 11.1 Å². The molecule has 0 radical (unpaired) electrons. The minimum absolute atomic E-state index is 0.0930. The summed E-state index contributed by atoms with van der Waals surface area (Å²) >= 11 is 4.56. The normalized spacial score (nSPS) is 9.76. The maximum Gasteiger partial charge on any atom is 0.413 e. The molecule has 0 atom stereocenters. The molecule has 0 unspecified atom stereocenters. The second-order valence-corrected chi connectivity index (χ2v) is 4.94. The third kappa shape index (κ3) is 4.66. The molecule has 0 bridgehead atoms. The maximum absolute atomic E-state index is 11.3. The van der Waals surface area contributed by atoms with E-state index in [1.807, 2.05) is 12.1 Å². The van der Waals surface area contributed by atoms with E-state index in [9.17, 15) is 9.59 Å². The zero-order chi connectivity index (χ0) is 12.8. The molecule has 0 aromatic heterocycles. The van der Waals surface area contributed by atoms with Gasteiger partial charge in [0.2, 0.25) is 5.91 Å². The molecule has 3 N–H and O–H groups in total. The quantitative estimate of drug-likeness (QED) is 0.658. The number of nitrogens with one attached hydrogen (secondary N) is 1. The van der Waals surface area contributed by atoms with Gasteiger partial charge in [-0.1, -0.05) is 15.9 Å². The Morgan fingerprint density at radius 2 is 2.24 bits per heavy atom. The van der Waals surface area contributed by atoms with Gasteiger partial charge in [0, 0.05) is 15.1 Å². The monoisotopic (exact) mass is 318 g/mol. The highest BCUT2D eigenvalue weighted by Gasteiger charge is 2.09. The molecule has 0 aliphatic heterocycles. The number of nitrogen functional groups attached to an aromatic ring is 1. The number of anilines is 1. The molecular formula is C10H11BrN2O3S. The van der Waals surface area contributed by atoms with Crippen molar-refractivity contribution in [3.8, 4) is 0 Å². The first-order valence-corrected chi connectivity index (χ1v) is 6.36. The van der Waals surface area contributed by atoms with Crippen LogP contribution in [0, 0.1) is 0 Å². The molecule has 0 spiro atoms. The zero-order valence-electron chi connectivity index (χ0n) is 9.03. The van der Waals surface area contributed by atoms with E-state index in [0.717, 1.165) is 9.37 Å². The fourth-order valence-corrected chi connectivity index (χ4v) is 2.29. The van der Waals surface area contributed by atoms with Gasteiger partial charge >= 0.3 is 6.09 Å². The molecule has 1 rings (SSSR count). The predicted octanol–water partition coefficient (Wildman–Crippen LogP) is 2.01. The third-order valence-electron chi connectivity index (χ3n) is 1.76. The summed E-state index contributed by atoms with van der Waals surface area (Å²) in [6.45, 7) is 0. The van der Waals surface area contributed by atoms with Crippen molar-refractivity contribution in [3.05, 3.63) is 22.7 Å². The summed E-state index contributed by atoms with van der Waals surface area (Å²) in [4.78, 5) is 22.8. The van der Waals surface area contributed by atoms with Crippen LogP contribution in [-0.2, 0) is 9.53 Å². The molecule has 5 nitrogen and oxygen atoms in total. The van der Waals surface area contributed by atoms with Crippen molar-refractivity contribution in [2.75, 3.05) is 18.6 Å². The van der Waals surface area contributed by atoms with Gasteiger partial charge in [0.1, 0.15) is 0 Å². The van der Waals surface area contributed by atoms with Gasteiger partial charge in [0.25, 0.3) is 0 Å². The lowest BCUT2D eigenvalue weighted by Gasteiger charge is -2.06. The van der Waals surface area contributed by atoms with Gasteiger partial charge in [-0.2, -0.15) is 0 Å². The van der Waals surface area contributed by atoms with Crippen LogP contribution in [0.15, 0.2) is 27.6 Å². The second-order valence-electron chi connectivity index (χ2n) is 3.01. The summed E-state index contributed by atoms with van der Waals surface area (Å²) in [5, 5.41) is 2.06. The van der Waals surface area contributed by atoms with Crippen molar-refractivity contribution in [1.29, 1.82) is 0 Å². The fourth-order valence-electron chi connectivity index (χ4n) is 0.977. The molecule has 0 aliphatic carbocycles. The van der Waals surface area contributed by atoms with E-state index in [4.69, 9.17) is 5.73 Å². The summed E-state index contributed by atoms with van der Waals surface area (Å²) in [7, 11) is 1.20. The Kier molecular flexibility index (Phi) is 5.30. The van der Waals surface area contributed by atoms with Gasteiger partial charge in [0.05, 0.1) is 12.9 Å². The van der Waals surface area contributed by atoms with Gasteiger partial charge in [-0.05, 0) is 18.2 Å². The van der Waals surface area contributed by atoms with E-state index in [1.165, 1.54) is 18.9 Å². The number of hydrogen-bond donors (Lipinski definition) is 2. The molecule has 7 heteroatoms. The van der Waals surface area contributed by atoms with Crippen molar-refractivity contribution in [3.63, 3.8) is 0 Å². The molecule has 0 heterocycles. The lowest BCUT2D eigenvalue weighted by Crippen LogP contribution is -2.31. The molecule has 2 amide bonds. The minimum atomic E-state index is -0.766. The van der Waals surface area contributed by atoms with Gasteiger partial charge in [-0.3, -0.25) is 10.1 Å². The van der Waals surface area contributed by atoms with Crippen LogP contribution in [-0.4, -0.2) is 24.9 Å². The van der Waals surface area contributed by atoms with Gasteiger partial charge in [-0.25, -0.2) is 4.79 Å². The second kappa shape index (κ2) is 6.51. The molecule has 17 heavy (non-hydrogen) atoms.